The van der Waals surface area contributed by atoms with Crippen molar-refractivity contribution in [1.29, 1.82) is 0 Å². The summed E-state index contributed by atoms with van der Waals surface area (Å²) in [6.45, 7) is 8.67. The fraction of sp³-hybridized carbons (Fsp3) is 0.611. The Balaban J connectivity index is 1.51. The van der Waals surface area contributed by atoms with Gasteiger partial charge < -0.3 is 15.0 Å². The molecule has 1 heterocycles. The van der Waals surface area contributed by atoms with Gasteiger partial charge in [-0.3, -0.25) is 4.79 Å². The molecule has 0 spiro atoms. The van der Waals surface area contributed by atoms with E-state index in [9.17, 15) is 4.79 Å². The Morgan fingerprint density at radius 3 is 2.59 bits per heavy atom. The fourth-order valence-corrected chi connectivity index (χ4v) is 3.56. The van der Waals surface area contributed by atoms with Crippen LogP contribution in [0.2, 0.25) is 0 Å². The first-order valence-corrected chi connectivity index (χ1v) is 8.06. The molecule has 3 rings (SSSR count). The van der Waals surface area contributed by atoms with Gasteiger partial charge in [-0.2, -0.15) is 0 Å². The molecule has 22 heavy (non-hydrogen) atoms. The number of nitrogens with zero attached hydrogens (tertiary/aromatic N) is 1. The standard InChI is InChI=1S/C18H26N2O2/c1-12-7-5-6-8-15(12)22-11-18(2,3)19-17(21)16-13-9-20(4)10-14(13)16/h5-8,13-14,16H,9-11H2,1-4H3,(H,19,21)/t13-,14?,16?/m1/s1. The number of benzene rings is 1. The number of piperidine rings is 1. The SMILES string of the molecule is Cc1ccccc1OCC(C)(C)NC(=O)C1C2CN(C)C[C@H]21. The van der Waals surface area contributed by atoms with Crippen molar-refractivity contribution in [1.82, 2.24) is 10.2 Å². The fourth-order valence-electron chi connectivity index (χ4n) is 3.56. The third-order valence-electron chi connectivity index (χ3n) is 4.82. The van der Waals surface area contributed by atoms with Crippen LogP contribution in [-0.2, 0) is 4.79 Å². The van der Waals surface area contributed by atoms with Gasteiger partial charge in [-0.25, -0.2) is 0 Å². The van der Waals surface area contributed by atoms with Crippen molar-refractivity contribution < 1.29 is 9.53 Å². The summed E-state index contributed by atoms with van der Waals surface area (Å²) in [5, 5.41) is 3.17. The topological polar surface area (TPSA) is 41.6 Å². The van der Waals surface area contributed by atoms with Gasteiger partial charge in [0.15, 0.2) is 0 Å². The van der Waals surface area contributed by atoms with Crippen LogP contribution in [0.1, 0.15) is 19.4 Å². The molecule has 2 unspecified atom stereocenters. The average Bonchev–Trinajstić information content (AvgIpc) is 2.96. The predicted molar refractivity (Wildman–Crippen MR) is 86.9 cm³/mol. The normalized spacial score (nSPS) is 27.4. The van der Waals surface area contributed by atoms with E-state index in [0.29, 0.717) is 18.4 Å². The van der Waals surface area contributed by atoms with Crippen LogP contribution in [0.4, 0.5) is 0 Å². The van der Waals surface area contributed by atoms with Crippen LogP contribution in [0.25, 0.3) is 0 Å². The lowest BCUT2D eigenvalue weighted by atomic mass is 10.1. The molecule has 2 aliphatic rings. The first-order valence-electron chi connectivity index (χ1n) is 8.06. The second kappa shape index (κ2) is 5.58. The third kappa shape index (κ3) is 3.12. The Labute approximate surface area is 132 Å². The number of carbonyl (C=O) groups is 1. The number of nitrogens with one attached hydrogen (secondary N) is 1. The van der Waals surface area contributed by atoms with Gasteiger partial charge in [0.1, 0.15) is 12.4 Å². The van der Waals surface area contributed by atoms with Crippen LogP contribution in [0.5, 0.6) is 5.75 Å². The summed E-state index contributed by atoms with van der Waals surface area (Å²) in [7, 11) is 2.13. The van der Waals surface area contributed by atoms with Crippen LogP contribution < -0.4 is 10.1 Å². The van der Waals surface area contributed by atoms with E-state index in [2.05, 4.69) is 17.3 Å². The molecule has 1 amide bonds. The average molecular weight is 302 g/mol. The molecule has 1 aromatic rings. The van der Waals surface area contributed by atoms with E-state index >= 15 is 0 Å². The van der Waals surface area contributed by atoms with Gasteiger partial charge in [0, 0.05) is 19.0 Å². The largest absolute Gasteiger partial charge is 0.491 e. The molecule has 0 aromatic heterocycles. The Kier molecular flexibility index (Phi) is 3.89. The number of aryl methyl sites for hydroxylation is 1. The van der Waals surface area contributed by atoms with E-state index < -0.39 is 0 Å². The number of rotatable bonds is 5. The molecule has 2 fully saturated rings. The first kappa shape index (κ1) is 15.3. The number of hydrogen-bond donors (Lipinski definition) is 1. The molecule has 1 aliphatic carbocycles. The van der Waals surface area contributed by atoms with Crippen LogP contribution in [0, 0.1) is 24.7 Å². The lowest BCUT2D eigenvalue weighted by molar-refractivity contribution is -0.125. The molecule has 0 radical (unpaired) electrons. The monoisotopic (exact) mass is 302 g/mol. The quantitative estimate of drug-likeness (QED) is 0.905. The summed E-state index contributed by atoms with van der Waals surface area (Å²) in [5.74, 6) is 2.43. The molecule has 4 heteroatoms. The van der Waals surface area contributed by atoms with Gasteiger partial charge >= 0.3 is 0 Å². The minimum atomic E-state index is -0.359. The van der Waals surface area contributed by atoms with Crippen molar-refractivity contribution in [2.24, 2.45) is 17.8 Å². The highest BCUT2D eigenvalue weighted by Gasteiger charge is 2.58. The summed E-state index contributed by atoms with van der Waals surface area (Å²) in [6, 6.07) is 7.96. The van der Waals surface area contributed by atoms with Crippen molar-refractivity contribution in [3.63, 3.8) is 0 Å². The van der Waals surface area contributed by atoms with Crippen molar-refractivity contribution in [3.8, 4) is 5.75 Å². The highest BCUT2D eigenvalue weighted by Crippen LogP contribution is 2.51. The van der Waals surface area contributed by atoms with Crippen molar-refractivity contribution in [2.75, 3.05) is 26.7 Å². The van der Waals surface area contributed by atoms with Gasteiger partial charge in [-0.05, 0) is 51.3 Å². The summed E-state index contributed by atoms with van der Waals surface area (Å²) < 4.78 is 5.89. The molecule has 1 saturated carbocycles. The summed E-state index contributed by atoms with van der Waals surface area (Å²) in [4.78, 5) is 14.7. The Hall–Kier alpha value is -1.55. The van der Waals surface area contributed by atoms with E-state index in [4.69, 9.17) is 4.74 Å². The maximum atomic E-state index is 12.4. The number of ether oxygens (including phenoxy) is 1. The Morgan fingerprint density at radius 2 is 1.95 bits per heavy atom. The molecule has 3 atom stereocenters. The molecule has 1 aliphatic heterocycles. The van der Waals surface area contributed by atoms with Crippen LogP contribution >= 0.6 is 0 Å². The number of hydrogen-bond acceptors (Lipinski definition) is 3. The van der Waals surface area contributed by atoms with E-state index in [1.807, 2.05) is 45.0 Å². The van der Waals surface area contributed by atoms with Gasteiger partial charge in [0.05, 0.1) is 5.54 Å². The lowest BCUT2D eigenvalue weighted by Gasteiger charge is -2.27. The zero-order chi connectivity index (χ0) is 15.9. The molecule has 0 bridgehead atoms. The first-order chi connectivity index (χ1) is 10.4. The van der Waals surface area contributed by atoms with Crippen molar-refractivity contribution >= 4 is 5.91 Å². The van der Waals surface area contributed by atoms with Crippen molar-refractivity contribution in [2.45, 2.75) is 26.3 Å². The Morgan fingerprint density at radius 1 is 1.32 bits per heavy atom. The molecular weight excluding hydrogens is 276 g/mol. The number of carbonyl (C=O) groups excluding carboxylic acids is 1. The number of fused-ring (bicyclic) bond motifs is 1. The van der Waals surface area contributed by atoms with Crippen LogP contribution in [0.15, 0.2) is 24.3 Å². The molecular formula is C18H26N2O2. The molecule has 4 nitrogen and oxygen atoms in total. The minimum absolute atomic E-state index is 0.196. The number of para-hydroxylation sites is 1. The van der Waals surface area contributed by atoms with Gasteiger partial charge in [0.25, 0.3) is 0 Å². The number of amides is 1. The highest BCUT2D eigenvalue weighted by atomic mass is 16.5. The maximum Gasteiger partial charge on any atom is 0.224 e. The lowest BCUT2D eigenvalue weighted by Crippen LogP contribution is -2.49. The van der Waals surface area contributed by atoms with Gasteiger partial charge in [0.2, 0.25) is 5.91 Å². The second-order valence-electron chi connectivity index (χ2n) is 7.50. The minimum Gasteiger partial charge on any atom is -0.491 e. The number of likely N-dealkylation sites (tertiary alicyclic amines) is 1. The third-order valence-corrected chi connectivity index (χ3v) is 4.82. The summed E-state index contributed by atoms with van der Waals surface area (Å²) in [5.41, 5.74) is 0.756. The summed E-state index contributed by atoms with van der Waals surface area (Å²) >= 11 is 0. The van der Waals surface area contributed by atoms with Crippen LogP contribution in [-0.4, -0.2) is 43.1 Å². The molecule has 1 aromatic carbocycles. The molecule has 1 N–H and O–H groups in total. The van der Waals surface area contributed by atoms with E-state index in [0.717, 1.165) is 24.4 Å². The molecule has 1 saturated heterocycles. The summed E-state index contributed by atoms with van der Waals surface area (Å²) in [6.07, 6.45) is 0. The van der Waals surface area contributed by atoms with Crippen LogP contribution in [0.3, 0.4) is 0 Å². The highest BCUT2D eigenvalue weighted by molar-refractivity contribution is 5.83. The smallest absolute Gasteiger partial charge is 0.224 e. The van der Waals surface area contributed by atoms with E-state index in [1.54, 1.807) is 0 Å². The second-order valence-corrected chi connectivity index (χ2v) is 7.50. The van der Waals surface area contributed by atoms with Crippen molar-refractivity contribution in [3.05, 3.63) is 29.8 Å². The predicted octanol–water partition coefficient (Wildman–Crippen LogP) is 2.08. The maximum absolute atomic E-state index is 12.4. The van der Waals surface area contributed by atoms with E-state index in [1.165, 1.54) is 0 Å². The zero-order valence-electron chi connectivity index (χ0n) is 13.9. The molecule has 120 valence electrons. The van der Waals surface area contributed by atoms with E-state index in [-0.39, 0.29) is 17.4 Å². The van der Waals surface area contributed by atoms with Gasteiger partial charge in [-0.15, -0.1) is 0 Å². The Bertz CT molecular complexity index is 558. The zero-order valence-corrected chi connectivity index (χ0v) is 13.9. The van der Waals surface area contributed by atoms with Gasteiger partial charge in [-0.1, -0.05) is 18.2 Å².